The van der Waals surface area contributed by atoms with Gasteiger partial charge in [-0.25, -0.2) is 0 Å². The van der Waals surface area contributed by atoms with Crippen LogP contribution in [0, 0.1) is 20.8 Å². The van der Waals surface area contributed by atoms with Gasteiger partial charge in [0.15, 0.2) is 0 Å². The second-order valence-corrected chi connectivity index (χ2v) is 6.84. The molecule has 0 bridgehead atoms. The smallest absolute Gasteiger partial charge is 0.305 e. The van der Waals surface area contributed by atoms with Crippen LogP contribution in [0.5, 0.6) is 5.75 Å². The van der Waals surface area contributed by atoms with E-state index >= 15 is 0 Å². The van der Waals surface area contributed by atoms with Gasteiger partial charge < -0.3 is 14.0 Å². The maximum absolute atomic E-state index is 11.4. The highest BCUT2D eigenvalue weighted by atomic mass is 16.5. The number of aryl methyl sites for hydroxylation is 4. The predicted octanol–water partition coefficient (Wildman–Crippen LogP) is 4.24. The van der Waals surface area contributed by atoms with E-state index in [1.165, 1.54) is 7.11 Å². The van der Waals surface area contributed by atoms with E-state index in [1.54, 1.807) is 0 Å². The summed E-state index contributed by atoms with van der Waals surface area (Å²) in [7, 11) is 1.41. The first-order chi connectivity index (χ1) is 13.5. The van der Waals surface area contributed by atoms with Crippen molar-refractivity contribution < 1.29 is 14.3 Å². The van der Waals surface area contributed by atoms with Gasteiger partial charge in [0.05, 0.1) is 25.1 Å². The fraction of sp³-hybridized carbons (Fsp3) is 0.409. The predicted molar refractivity (Wildman–Crippen MR) is 109 cm³/mol. The van der Waals surface area contributed by atoms with Gasteiger partial charge in [-0.2, -0.15) is 10.2 Å². The number of nitrogens with zero attached hydrogens (tertiary/aromatic N) is 3. The number of aromatic nitrogens is 3. The zero-order valence-electron chi connectivity index (χ0n) is 17.2. The van der Waals surface area contributed by atoms with E-state index in [9.17, 15) is 4.79 Å². The molecule has 0 spiro atoms. The highest BCUT2D eigenvalue weighted by Crippen LogP contribution is 2.32. The van der Waals surface area contributed by atoms with Gasteiger partial charge in [-0.3, -0.25) is 4.79 Å². The van der Waals surface area contributed by atoms with E-state index in [2.05, 4.69) is 40.7 Å². The molecule has 0 aliphatic carbocycles. The van der Waals surface area contributed by atoms with Gasteiger partial charge in [0, 0.05) is 34.3 Å². The van der Waals surface area contributed by atoms with Gasteiger partial charge in [-0.05, 0) is 64.8 Å². The summed E-state index contributed by atoms with van der Waals surface area (Å²) in [5, 5.41) is 11.1. The Kier molecular flexibility index (Phi) is 5.97. The molecule has 2 heterocycles. The summed E-state index contributed by atoms with van der Waals surface area (Å²) in [5.41, 5.74) is 5.18. The first-order valence-electron chi connectivity index (χ1n) is 9.61. The van der Waals surface area contributed by atoms with Gasteiger partial charge >= 0.3 is 5.97 Å². The number of hydrogen-bond acceptors (Lipinski definition) is 5. The van der Waals surface area contributed by atoms with Crippen LogP contribution in [0.3, 0.4) is 0 Å². The van der Waals surface area contributed by atoms with Crippen LogP contribution in [0.25, 0.3) is 16.5 Å². The topological polar surface area (TPSA) is 66.2 Å². The van der Waals surface area contributed by atoms with Gasteiger partial charge in [0.2, 0.25) is 0 Å². The van der Waals surface area contributed by atoms with E-state index in [0.29, 0.717) is 25.9 Å². The summed E-state index contributed by atoms with van der Waals surface area (Å²) in [6, 6.07) is 8.11. The maximum atomic E-state index is 11.4. The zero-order valence-corrected chi connectivity index (χ0v) is 17.2. The lowest BCUT2D eigenvalue weighted by Crippen LogP contribution is -2.03. The third kappa shape index (κ3) is 3.72. The molecule has 0 aliphatic heterocycles. The minimum Gasteiger partial charge on any atom is -0.494 e. The Morgan fingerprint density at radius 1 is 1.04 bits per heavy atom. The third-order valence-electron chi connectivity index (χ3n) is 5.04. The van der Waals surface area contributed by atoms with E-state index in [1.807, 2.05) is 26.0 Å². The number of rotatable bonds is 7. The molecule has 1 aromatic carbocycles. The molecular weight excluding hydrogens is 354 g/mol. The summed E-state index contributed by atoms with van der Waals surface area (Å²) in [6.07, 6.45) is 1.75. The summed E-state index contributed by atoms with van der Waals surface area (Å²) >= 11 is 0. The quantitative estimate of drug-likeness (QED) is 0.573. The van der Waals surface area contributed by atoms with Crippen molar-refractivity contribution in [2.45, 2.75) is 47.0 Å². The van der Waals surface area contributed by atoms with Crippen LogP contribution < -0.4 is 4.74 Å². The first-order valence-corrected chi connectivity index (χ1v) is 9.61. The zero-order chi connectivity index (χ0) is 20.3. The van der Waals surface area contributed by atoms with Crippen LogP contribution in [0.1, 0.15) is 42.5 Å². The molecule has 148 valence electrons. The van der Waals surface area contributed by atoms with E-state index in [-0.39, 0.29) is 5.97 Å². The van der Waals surface area contributed by atoms with Gasteiger partial charge in [-0.15, -0.1) is 0 Å². The second kappa shape index (κ2) is 8.42. The van der Waals surface area contributed by atoms with E-state index < -0.39 is 0 Å². The molecule has 2 aromatic heterocycles. The molecule has 0 fully saturated rings. The highest BCUT2D eigenvalue weighted by molar-refractivity contribution is 5.92. The van der Waals surface area contributed by atoms with Crippen molar-refractivity contribution in [3.05, 3.63) is 47.0 Å². The molecule has 3 aromatic rings. The average molecular weight is 381 g/mol. The third-order valence-corrected chi connectivity index (χ3v) is 5.04. The first kappa shape index (κ1) is 19.9. The van der Waals surface area contributed by atoms with Crippen LogP contribution in [-0.4, -0.2) is 34.5 Å². The van der Waals surface area contributed by atoms with Crippen LogP contribution in [-0.2, 0) is 16.0 Å². The number of benzene rings is 1. The summed E-state index contributed by atoms with van der Waals surface area (Å²) in [4.78, 5) is 11.4. The Hall–Kier alpha value is -2.89. The Labute approximate surface area is 165 Å². The molecule has 6 heteroatoms. The largest absolute Gasteiger partial charge is 0.494 e. The van der Waals surface area contributed by atoms with Crippen molar-refractivity contribution in [2.24, 2.45) is 0 Å². The molecule has 0 radical (unpaired) electrons. The van der Waals surface area contributed by atoms with Crippen molar-refractivity contribution in [3.63, 3.8) is 0 Å². The number of carbonyl (C=O) groups excluding carboxylic acids is 1. The number of fused-ring (bicyclic) bond motifs is 1. The number of esters is 1. The summed E-state index contributed by atoms with van der Waals surface area (Å²) in [6.45, 7) is 8.83. The summed E-state index contributed by atoms with van der Waals surface area (Å²) in [5.74, 6) is 0.664. The molecular formula is C22H27N3O3. The fourth-order valence-electron chi connectivity index (χ4n) is 3.79. The molecule has 0 atom stereocenters. The summed E-state index contributed by atoms with van der Waals surface area (Å²) < 4.78 is 12.5. The Morgan fingerprint density at radius 3 is 2.36 bits per heavy atom. The van der Waals surface area contributed by atoms with Crippen molar-refractivity contribution in [3.8, 4) is 11.4 Å². The molecule has 6 nitrogen and oxygen atoms in total. The number of ether oxygens (including phenoxy) is 2. The van der Waals surface area contributed by atoms with Crippen molar-refractivity contribution in [1.29, 1.82) is 0 Å². The van der Waals surface area contributed by atoms with Gasteiger partial charge in [-0.1, -0.05) is 0 Å². The SMILES string of the molecule is CCOc1ccc(-n2c(C)c3c(C)nnc(CCCC(=O)OC)c3c2C)cc1. The molecule has 28 heavy (non-hydrogen) atoms. The van der Waals surface area contributed by atoms with Crippen LogP contribution in [0.15, 0.2) is 24.3 Å². The Morgan fingerprint density at radius 2 is 1.71 bits per heavy atom. The van der Waals surface area contributed by atoms with Gasteiger partial charge in [0.1, 0.15) is 5.75 Å². The fourth-order valence-corrected chi connectivity index (χ4v) is 3.79. The van der Waals surface area contributed by atoms with Gasteiger partial charge in [0.25, 0.3) is 0 Å². The van der Waals surface area contributed by atoms with Crippen molar-refractivity contribution in [1.82, 2.24) is 14.8 Å². The lowest BCUT2D eigenvalue weighted by atomic mass is 10.1. The van der Waals surface area contributed by atoms with E-state index in [0.717, 1.165) is 45.0 Å². The molecule has 0 N–H and O–H groups in total. The molecule has 0 aliphatic rings. The Balaban J connectivity index is 2.04. The standard InChI is InChI=1S/C22H27N3O3/c1-6-28-18-12-10-17(11-13-18)25-15(3)21-14(2)23-24-19(22(21)16(25)4)8-7-9-20(26)27-5/h10-13H,6-9H2,1-5H3. The number of carbonyl (C=O) groups is 1. The lowest BCUT2D eigenvalue weighted by molar-refractivity contribution is -0.140. The normalized spacial score (nSPS) is 11.0. The monoisotopic (exact) mass is 381 g/mol. The minimum atomic E-state index is -0.198. The Bertz CT molecular complexity index is 991. The minimum absolute atomic E-state index is 0.198. The molecule has 0 saturated carbocycles. The number of hydrogen-bond donors (Lipinski definition) is 0. The molecule has 0 saturated heterocycles. The molecule has 3 rings (SSSR count). The maximum Gasteiger partial charge on any atom is 0.305 e. The van der Waals surface area contributed by atoms with Crippen LogP contribution in [0.4, 0.5) is 0 Å². The molecule has 0 unspecified atom stereocenters. The van der Waals surface area contributed by atoms with Crippen molar-refractivity contribution >= 4 is 16.7 Å². The van der Waals surface area contributed by atoms with Crippen LogP contribution >= 0.6 is 0 Å². The van der Waals surface area contributed by atoms with Crippen molar-refractivity contribution in [2.75, 3.05) is 13.7 Å². The average Bonchev–Trinajstić information content (AvgIpc) is 2.96. The highest BCUT2D eigenvalue weighted by Gasteiger charge is 2.19. The lowest BCUT2D eigenvalue weighted by Gasteiger charge is -2.11. The molecule has 0 amide bonds. The number of methoxy groups -OCH3 is 1. The van der Waals surface area contributed by atoms with Crippen LogP contribution in [0.2, 0.25) is 0 Å². The van der Waals surface area contributed by atoms with E-state index in [4.69, 9.17) is 9.47 Å². The second-order valence-electron chi connectivity index (χ2n) is 6.84.